The van der Waals surface area contributed by atoms with E-state index in [0.29, 0.717) is 0 Å². The van der Waals surface area contributed by atoms with Gasteiger partial charge in [0.05, 0.1) is 28.9 Å². The van der Waals surface area contributed by atoms with E-state index < -0.39 is 5.97 Å². The van der Waals surface area contributed by atoms with Gasteiger partial charge in [-0.25, -0.2) is 9.78 Å². The number of hydrogen-bond donors (Lipinski definition) is 2. The number of aromatic carboxylic acids is 1. The monoisotopic (exact) mass is 314 g/mol. The van der Waals surface area contributed by atoms with Crippen LogP contribution in [0.4, 0.5) is 5.69 Å². The van der Waals surface area contributed by atoms with Gasteiger partial charge in [0.1, 0.15) is 0 Å². The van der Waals surface area contributed by atoms with Crippen molar-refractivity contribution in [2.45, 2.75) is 13.8 Å². The average Bonchev–Trinajstić information content (AvgIpc) is 3.00. The van der Waals surface area contributed by atoms with E-state index in [2.05, 4.69) is 25.3 Å². The lowest BCUT2D eigenvalue weighted by atomic mass is 10.2. The molecule has 0 spiro atoms. The van der Waals surface area contributed by atoms with Crippen molar-refractivity contribution < 1.29 is 9.90 Å². The van der Waals surface area contributed by atoms with Crippen LogP contribution < -0.4 is 5.43 Å². The molecule has 0 saturated heterocycles. The van der Waals surface area contributed by atoms with Crippen LogP contribution in [0.3, 0.4) is 0 Å². The molecular weight excluding hydrogens is 300 g/mol. The number of carboxylic acids is 1. The Morgan fingerprint density at radius 3 is 2.77 bits per heavy atom. The highest BCUT2D eigenvalue weighted by Gasteiger charge is 2.10. The number of carbonyl (C=O) groups is 1. The molecule has 2 heterocycles. The number of carboxylic acid groups (broad SMARTS) is 1. The van der Waals surface area contributed by atoms with E-state index in [9.17, 15) is 4.79 Å². The van der Waals surface area contributed by atoms with Crippen LogP contribution in [-0.2, 0) is 0 Å². The smallest absolute Gasteiger partial charge is 0.335 e. The summed E-state index contributed by atoms with van der Waals surface area (Å²) < 4.78 is 2.05. The number of aromatic nitrogens is 2. The fourth-order valence-corrected chi connectivity index (χ4v) is 3.05. The van der Waals surface area contributed by atoms with Gasteiger partial charge >= 0.3 is 5.97 Å². The van der Waals surface area contributed by atoms with Crippen LogP contribution in [0.15, 0.2) is 34.7 Å². The third kappa shape index (κ3) is 2.58. The van der Waals surface area contributed by atoms with Crippen molar-refractivity contribution >= 4 is 34.2 Å². The molecule has 3 rings (SSSR count). The summed E-state index contributed by atoms with van der Waals surface area (Å²) in [5, 5.41) is 15.1. The predicted molar refractivity (Wildman–Crippen MR) is 87.2 cm³/mol. The fraction of sp³-hybridized carbons (Fsp3) is 0.133. The Labute approximate surface area is 130 Å². The maximum atomic E-state index is 10.8. The van der Waals surface area contributed by atoms with Crippen molar-refractivity contribution in [1.82, 2.24) is 9.38 Å². The van der Waals surface area contributed by atoms with E-state index in [4.69, 9.17) is 5.11 Å². The first-order valence-electron chi connectivity index (χ1n) is 6.62. The van der Waals surface area contributed by atoms with Crippen LogP contribution in [0.2, 0.25) is 0 Å². The Hall–Kier alpha value is -2.67. The number of benzene rings is 1. The highest BCUT2D eigenvalue weighted by molar-refractivity contribution is 7.15. The van der Waals surface area contributed by atoms with Gasteiger partial charge in [-0.3, -0.25) is 9.83 Å². The first-order valence-corrected chi connectivity index (χ1v) is 7.50. The van der Waals surface area contributed by atoms with E-state index in [1.54, 1.807) is 29.7 Å². The van der Waals surface area contributed by atoms with E-state index in [1.807, 2.05) is 13.8 Å². The van der Waals surface area contributed by atoms with Crippen LogP contribution in [-0.4, -0.2) is 26.7 Å². The molecular formula is C15H14N4O2S. The van der Waals surface area contributed by atoms with Gasteiger partial charge in [0, 0.05) is 11.1 Å². The SMILES string of the molecule is Cc1nc2scc(C)n2c1/C=N\Nc1ccc(C(=O)O)cc1. The molecule has 7 heteroatoms. The molecule has 0 amide bonds. The van der Waals surface area contributed by atoms with Gasteiger partial charge < -0.3 is 5.11 Å². The van der Waals surface area contributed by atoms with Crippen LogP contribution in [0.5, 0.6) is 0 Å². The number of thiazole rings is 1. The first kappa shape index (κ1) is 14.3. The largest absolute Gasteiger partial charge is 0.478 e. The minimum Gasteiger partial charge on any atom is -0.478 e. The maximum absolute atomic E-state index is 10.8. The molecule has 0 aliphatic heterocycles. The summed E-state index contributed by atoms with van der Waals surface area (Å²) in [4.78, 5) is 16.2. The van der Waals surface area contributed by atoms with Gasteiger partial charge in [0.2, 0.25) is 0 Å². The van der Waals surface area contributed by atoms with Crippen molar-refractivity contribution in [3.8, 4) is 0 Å². The topological polar surface area (TPSA) is 79.0 Å². The zero-order valence-corrected chi connectivity index (χ0v) is 12.9. The third-order valence-corrected chi connectivity index (χ3v) is 4.21. The third-order valence-electron chi connectivity index (χ3n) is 3.27. The zero-order chi connectivity index (χ0) is 15.7. The van der Waals surface area contributed by atoms with Gasteiger partial charge in [-0.15, -0.1) is 11.3 Å². The Bertz CT molecular complexity index is 862. The predicted octanol–water partition coefficient (Wildman–Crippen LogP) is 3.16. The zero-order valence-electron chi connectivity index (χ0n) is 12.1. The van der Waals surface area contributed by atoms with Gasteiger partial charge in [-0.1, -0.05) is 0 Å². The summed E-state index contributed by atoms with van der Waals surface area (Å²) >= 11 is 1.60. The Morgan fingerprint density at radius 2 is 2.09 bits per heavy atom. The van der Waals surface area contributed by atoms with E-state index in [0.717, 1.165) is 27.7 Å². The summed E-state index contributed by atoms with van der Waals surface area (Å²) in [5.41, 5.74) is 6.83. The summed E-state index contributed by atoms with van der Waals surface area (Å²) in [6, 6.07) is 6.42. The number of nitrogens with zero attached hydrogens (tertiary/aromatic N) is 3. The van der Waals surface area contributed by atoms with Crippen molar-refractivity contribution in [3.63, 3.8) is 0 Å². The second kappa shape index (κ2) is 5.61. The van der Waals surface area contributed by atoms with E-state index in [1.165, 1.54) is 12.1 Å². The van der Waals surface area contributed by atoms with Crippen LogP contribution in [0.25, 0.3) is 4.96 Å². The number of hydrazone groups is 1. The Balaban J connectivity index is 1.80. The van der Waals surface area contributed by atoms with E-state index in [-0.39, 0.29) is 5.56 Å². The lowest BCUT2D eigenvalue weighted by Crippen LogP contribution is -1.98. The number of hydrogen-bond acceptors (Lipinski definition) is 5. The van der Waals surface area contributed by atoms with Crippen LogP contribution in [0, 0.1) is 13.8 Å². The Kier molecular flexibility index (Phi) is 3.64. The number of rotatable bonds is 4. The first-order chi connectivity index (χ1) is 10.6. The fourth-order valence-electron chi connectivity index (χ4n) is 2.13. The summed E-state index contributed by atoms with van der Waals surface area (Å²) in [6.07, 6.45) is 1.72. The average molecular weight is 314 g/mol. The number of anilines is 1. The van der Waals surface area contributed by atoms with Gasteiger partial charge in [0.15, 0.2) is 4.96 Å². The van der Waals surface area contributed by atoms with Crippen molar-refractivity contribution in [3.05, 3.63) is 52.3 Å². The van der Waals surface area contributed by atoms with Gasteiger partial charge in [-0.2, -0.15) is 5.10 Å². The second-order valence-electron chi connectivity index (χ2n) is 4.83. The minimum absolute atomic E-state index is 0.247. The van der Waals surface area contributed by atoms with Crippen molar-refractivity contribution in [2.75, 3.05) is 5.43 Å². The van der Waals surface area contributed by atoms with Crippen molar-refractivity contribution in [2.24, 2.45) is 5.10 Å². The van der Waals surface area contributed by atoms with E-state index >= 15 is 0 Å². The molecule has 0 aliphatic carbocycles. The normalized spacial score (nSPS) is 11.4. The number of imidazole rings is 1. The molecule has 0 radical (unpaired) electrons. The minimum atomic E-state index is -0.944. The standard InChI is InChI=1S/C15H14N4O2S/c1-9-8-22-15-17-10(2)13(19(9)15)7-16-18-12-5-3-11(4-6-12)14(20)21/h3-8,18H,1-2H3,(H,20,21)/b16-7-. The Morgan fingerprint density at radius 1 is 1.36 bits per heavy atom. The highest BCUT2D eigenvalue weighted by Crippen LogP contribution is 2.19. The van der Waals surface area contributed by atoms with Gasteiger partial charge in [0.25, 0.3) is 0 Å². The molecule has 22 heavy (non-hydrogen) atoms. The second-order valence-corrected chi connectivity index (χ2v) is 5.67. The summed E-state index contributed by atoms with van der Waals surface area (Å²) in [6.45, 7) is 3.97. The lowest BCUT2D eigenvalue weighted by Gasteiger charge is -2.01. The lowest BCUT2D eigenvalue weighted by molar-refractivity contribution is 0.0697. The summed E-state index contributed by atoms with van der Waals surface area (Å²) in [7, 11) is 0. The number of fused-ring (bicyclic) bond motifs is 1. The molecule has 0 saturated carbocycles. The molecule has 0 unspecified atom stereocenters. The van der Waals surface area contributed by atoms with Crippen molar-refractivity contribution in [1.29, 1.82) is 0 Å². The maximum Gasteiger partial charge on any atom is 0.335 e. The quantitative estimate of drug-likeness (QED) is 0.573. The molecule has 0 aliphatic rings. The molecule has 1 aromatic carbocycles. The molecule has 2 aromatic heterocycles. The molecule has 0 atom stereocenters. The molecule has 2 N–H and O–H groups in total. The van der Waals surface area contributed by atoms with Crippen LogP contribution >= 0.6 is 11.3 Å². The van der Waals surface area contributed by atoms with Crippen LogP contribution in [0.1, 0.15) is 27.4 Å². The number of aryl methyl sites for hydroxylation is 2. The molecule has 112 valence electrons. The number of nitrogens with one attached hydrogen (secondary N) is 1. The highest BCUT2D eigenvalue weighted by atomic mass is 32.1. The molecule has 0 fully saturated rings. The molecule has 0 bridgehead atoms. The summed E-state index contributed by atoms with van der Waals surface area (Å²) in [5.74, 6) is -0.944. The molecule has 3 aromatic rings. The molecule has 6 nitrogen and oxygen atoms in total. The van der Waals surface area contributed by atoms with Gasteiger partial charge in [-0.05, 0) is 38.1 Å².